The van der Waals surface area contributed by atoms with Crippen molar-refractivity contribution in [3.05, 3.63) is 29.0 Å². The summed E-state index contributed by atoms with van der Waals surface area (Å²) in [5, 5.41) is 0. The molecule has 0 aromatic carbocycles. The summed E-state index contributed by atoms with van der Waals surface area (Å²) >= 11 is 3.39. The van der Waals surface area contributed by atoms with Crippen molar-refractivity contribution in [2.24, 2.45) is 5.73 Å². The van der Waals surface area contributed by atoms with Crippen molar-refractivity contribution in [3.63, 3.8) is 0 Å². The van der Waals surface area contributed by atoms with Crippen LogP contribution in [0.3, 0.4) is 0 Å². The minimum absolute atomic E-state index is 0.191. The van der Waals surface area contributed by atoms with Gasteiger partial charge < -0.3 is 10.6 Å². The molecule has 2 aromatic heterocycles. The molecule has 0 unspecified atom stereocenters. The zero-order chi connectivity index (χ0) is 14.5. The van der Waals surface area contributed by atoms with Crippen molar-refractivity contribution in [1.29, 1.82) is 0 Å². The lowest BCUT2D eigenvalue weighted by Gasteiger charge is -2.23. The van der Waals surface area contributed by atoms with Gasteiger partial charge in [0, 0.05) is 23.4 Å². The van der Waals surface area contributed by atoms with Crippen molar-refractivity contribution in [2.45, 2.75) is 19.8 Å². The Morgan fingerprint density at radius 2 is 2.25 bits per heavy atom. The topological polar surface area (TPSA) is 72.1 Å². The molecule has 0 saturated heterocycles. The van der Waals surface area contributed by atoms with Crippen molar-refractivity contribution >= 4 is 38.6 Å². The number of halogens is 1. The highest BCUT2D eigenvalue weighted by molar-refractivity contribution is 9.10. The lowest BCUT2D eigenvalue weighted by Crippen LogP contribution is -2.34. The number of aromatic nitrogens is 2. The first-order valence-corrected chi connectivity index (χ1v) is 7.34. The van der Waals surface area contributed by atoms with Gasteiger partial charge in [0.25, 0.3) is 0 Å². The minimum atomic E-state index is -0.344. The lowest BCUT2D eigenvalue weighted by atomic mass is 10.2. The number of hydrogen-bond acceptors (Lipinski definition) is 4. The van der Waals surface area contributed by atoms with Crippen LogP contribution in [-0.4, -0.2) is 29.0 Å². The summed E-state index contributed by atoms with van der Waals surface area (Å²) in [6.07, 6.45) is 5.51. The normalized spacial score (nSPS) is 10.7. The van der Waals surface area contributed by atoms with Crippen molar-refractivity contribution in [3.8, 4) is 0 Å². The number of rotatable bonds is 6. The third-order valence-electron chi connectivity index (χ3n) is 2.99. The summed E-state index contributed by atoms with van der Waals surface area (Å²) < 4.78 is 0.879. The second kappa shape index (κ2) is 6.65. The molecule has 0 aliphatic rings. The molecule has 106 valence electrons. The summed E-state index contributed by atoms with van der Waals surface area (Å²) in [5.74, 6) is -0.344. The summed E-state index contributed by atoms with van der Waals surface area (Å²) in [7, 11) is 0. The maximum atomic E-state index is 11.3. The molecule has 0 aliphatic heterocycles. The Morgan fingerprint density at radius 3 is 2.95 bits per heavy atom. The molecule has 2 N–H and O–H groups in total. The Labute approximate surface area is 126 Å². The smallest absolute Gasteiger partial charge is 0.236 e. The van der Waals surface area contributed by atoms with E-state index in [0.717, 1.165) is 40.6 Å². The fourth-order valence-electron chi connectivity index (χ4n) is 2.07. The Kier molecular flexibility index (Phi) is 4.89. The van der Waals surface area contributed by atoms with Gasteiger partial charge in [0.05, 0.1) is 17.7 Å². The predicted octanol–water partition coefficient (Wildman–Crippen LogP) is 2.48. The maximum Gasteiger partial charge on any atom is 0.236 e. The van der Waals surface area contributed by atoms with Gasteiger partial charge in [0.1, 0.15) is 5.52 Å². The molecular formula is C14H17BrN4O. The summed E-state index contributed by atoms with van der Waals surface area (Å²) in [6.45, 7) is 3.08. The van der Waals surface area contributed by atoms with Crippen LogP contribution in [0, 0.1) is 0 Å². The van der Waals surface area contributed by atoms with E-state index in [0.29, 0.717) is 0 Å². The molecule has 0 saturated carbocycles. The van der Waals surface area contributed by atoms with E-state index in [4.69, 9.17) is 5.73 Å². The Bertz CT molecular complexity index is 617. The van der Waals surface area contributed by atoms with Crippen LogP contribution in [0.5, 0.6) is 0 Å². The zero-order valence-electron chi connectivity index (χ0n) is 11.3. The second-order valence-electron chi connectivity index (χ2n) is 4.59. The lowest BCUT2D eigenvalue weighted by molar-refractivity contribution is -0.116. The van der Waals surface area contributed by atoms with Crippen LogP contribution < -0.4 is 10.6 Å². The van der Waals surface area contributed by atoms with Crippen LogP contribution in [0.25, 0.3) is 11.0 Å². The van der Waals surface area contributed by atoms with Crippen LogP contribution in [0.4, 0.5) is 5.69 Å². The standard InChI is InChI=1S/C14H17BrN4O/c1-2-3-6-19(9-13(16)20)12-4-5-17-11-7-10(15)8-18-14(11)12/h4-5,7-8H,2-3,6,9H2,1H3,(H2,16,20). The van der Waals surface area contributed by atoms with Crippen LogP contribution in [-0.2, 0) is 4.79 Å². The van der Waals surface area contributed by atoms with Gasteiger partial charge in [-0.05, 0) is 34.5 Å². The first-order valence-electron chi connectivity index (χ1n) is 6.55. The van der Waals surface area contributed by atoms with E-state index in [1.807, 2.05) is 17.0 Å². The third-order valence-corrected chi connectivity index (χ3v) is 3.43. The molecule has 0 aliphatic carbocycles. The fourth-order valence-corrected chi connectivity index (χ4v) is 2.39. The average Bonchev–Trinajstić information content (AvgIpc) is 2.42. The van der Waals surface area contributed by atoms with Crippen molar-refractivity contribution < 1.29 is 4.79 Å². The van der Waals surface area contributed by atoms with Gasteiger partial charge in [-0.1, -0.05) is 13.3 Å². The molecule has 0 bridgehead atoms. The molecule has 0 radical (unpaired) electrons. The number of carbonyl (C=O) groups is 1. The number of amides is 1. The molecular weight excluding hydrogens is 320 g/mol. The predicted molar refractivity (Wildman–Crippen MR) is 83.6 cm³/mol. The quantitative estimate of drug-likeness (QED) is 0.879. The highest BCUT2D eigenvalue weighted by Gasteiger charge is 2.13. The van der Waals surface area contributed by atoms with E-state index in [9.17, 15) is 4.79 Å². The monoisotopic (exact) mass is 336 g/mol. The zero-order valence-corrected chi connectivity index (χ0v) is 12.9. The first-order chi connectivity index (χ1) is 9.61. The van der Waals surface area contributed by atoms with Gasteiger partial charge in [0.15, 0.2) is 0 Å². The molecule has 0 spiro atoms. The fraction of sp³-hybridized carbons (Fsp3) is 0.357. The Morgan fingerprint density at radius 1 is 1.45 bits per heavy atom. The largest absolute Gasteiger partial charge is 0.368 e. The van der Waals surface area contributed by atoms with Gasteiger partial charge in [0.2, 0.25) is 5.91 Å². The Balaban J connectivity index is 2.43. The van der Waals surface area contributed by atoms with E-state index < -0.39 is 0 Å². The number of fused-ring (bicyclic) bond motifs is 1. The van der Waals surface area contributed by atoms with E-state index in [2.05, 4.69) is 32.8 Å². The van der Waals surface area contributed by atoms with Crippen molar-refractivity contribution in [1.82, 2.24) is 9.97 Å². The van der Waals surface area contributed by atoms with Gasteiger partial charge >= 0.3 is 0 Å². The van der Waals surface area contributed by atoms with Crippen LogP contribution in [0.1, 0.15) is 19.8 Å². The molecule has 1 amide bonds. The Hall–Kier alpha value is -1.69. The van der Waals surface area contributed by atoms with E-state index in [1.165, 1.54) is 0 Å². The number of hydrogen-bond donors (Lipinski definition) is 1. The van der Waals surface area contributed by atoms with Gasteiger partial charge in [-0.2, -0.15) is 0 Å². The van der Waals surface area contributed by atoms with E-state index >= 15 is 0 Å². The summed E-state index contributed by atoms with van der Waals surface area (Å²) in [4.78, 5) is 22.0. The number of nitrogens with two attached hydrogens (primary N) is 1. The molecule has 0 fully saturated rings. The second-order valence-corrected chi connectivity index (χ2v) is 5.51. The summed E-state index contributed by atoms with van der Waals surface area (Å²) in [6, 6.07) is 3.79. The molecule has 2 aromatic rings. The van der Waals surface area contributed by atoms with E-state index in [1.54, 1.807) is 12.4 Å². The SMILES string of the molecule is CCCCN(CC(N)=O)c1ccnc2cc(Br)cnc12. The maximum absolute atomic E-state index is 11.3. The van der Waals surface area contributed by atoms with Gasteiger partial charge in [-0.3, -0.25) is 14.8 Å². The molecule has 0 atom stereocenters. The molecule has 2 heterocycles. The first kappa shape index (κ1) is 14.7. The number of primary amides is 1. The van der Waals surface area contributed by atoms with E-state index in [-0.39, 0.29) is 12.5 Å². The number of unbranched alkanes of at least 4 members (excludes halogenated alkanes) is 1. The molecule has 5 nitrogen and oxygen atoms in total. The molecule has 6 heteroatoms. The van der Waals surface area contributed by atoms with Crippen LogP contribution in [0.2, 0.25) is 0 Å². The van der Waals surface area contributed by atoms with Crippen LogP contribution >= 0.6 is 15.9 Å². The minimum Gasteiger partial charge on any atom is -0.368 e. The third kappa shape index (κ3) is 3.45. The summed E-state index contributed by atoms with van der Waals surface area (Å²) in [5.41, 5.74) is 7.82. The van der Waals surface area contributed by atoms with Gasteiger partial charge in [-0.25, -0.2) is 0 Å². The van der Waals surface area contributed by atoms with Gasteiger partial charge in [-0.15, -0.1) is 0 Å². The molecule has 2 rings (SSSR count). The highest BCUT2D eigenvalue weighted by Crippen LogP contribution is 2.25. The molecule has 20 heavy (non-hydrogen) atoms. The van der Waals surface area contributed by atoms with Crippen molar-refractivity contribution in [2.75, 3.05) is 18.0 Å². The number of anilines is 1. The number of nitrogens with zero attached hydrogens (tertiary/aromatic N) is 3. The van der Waals surface area contributed by atoms with Crippen LogP contribution in [0.15, 0.2) is 29.0 Å². The highest BCUT2D eigenvalue weighted by atomic mass is 79.9. The number of pyridine rings is 2. The average molecular weight is 337 g/mol. The number of carbonyl (C=O) groups excluding carboxylic acids is 1.